The Bertz CT molecular complexity index is 265. The third kappa shape index (κ3) is 8.99. The monoisotopic (exact) mass is 273 g/mol. The molecular formula is C9H14F3NO3S. The number of halogens is 3. The molecule has 0 aromatic rings. The maximum Gasteiger partial charge on any atom is 0.490 e. The van der Waals surface area contributed by atoms with Crippen LogP contribution in [0, 0.1) is 0 Å². The molecule has 1 aliphatic heterocycles. The fraction of sp³-hybridized carbons (Fsp3) is 0.778. The summed E-state index contributed by atoms with van der Waals surface area (Å²) in [6.07, 6.45) is -2.80. The number of piperidine rings is 1. The summed E-state index contributed by atoms with van der Waals surface area (Å²) in [6, 6.07) is 0. The molecule has 4 nitrogen and oxygen atoms in total. The highest BCUT2D eigenvalue weighted by molar-refractivity contribution is 8.14. The maximum atomic E-state index is 10.7. The lowest BCUT2D eigenvalue weighted by atomic mass is 10.2. The molecule has 0 radical (unpaired) electrons. The Morgan fingerprint density at radius 3 is 2.00 bits per heavy atom. The minimum Gasteiger partial charge on any atom is -0.475 e. The van der Waals surface area contributed by atoms with Gasteiger partial charge >= 0.3 is 12.1 Å². The number of carboxylic acids is 1. The molecule has 1 saturated heterocycles. The third-order valence-corrected chi connectivity index (χ3v) is 3.00. The minimum atomic E-state index is -5.08. The van der Waals surface area contributed by atoms with E-state index in [4.69, 9.17) is 9.90 Å². The van der Waals surface area contributed by atoms with Gasteiger partial charge in [0.2, 0.25) is 0 Å². The van der Waals surface area contributed by atoms with E-state index in [9.17, 15) is 18.0 Å². The highest BCUT2D eigenvalue weighted by atomic mass is 32.2. The minimum absolute atomic E-state index is 0.256. The van der Waals surface area contributed by atoms with Crippen LogP contribution >= 0.6 is 11.8 Å². The molecule has 0 amide bonds. The van der Waals surface area contributed by atoms with Gasteiger partial charge in [-0.05, 0) is 25.9 Å². The first-order valence-electron chi connectivity index (χ1n) is 4.91. The Balaban J connectivity index is 0.000000325. The van der Waals surface area contributed by atoms with E-state index >= 15 is 0 Å². The van der Waals surface area contributed by atoms with Crippen LogP contribution in [0.5, 0.6) is 0 Å². The molecule has 0 atom stereocenters. The van der Waals surface area contributed by atoms with Crippen LogP contribution in [0.2, 0.25) is 0 Å². The highest BCUT2D eigenvalue weighted by Crippen LogP contribution is 2.20. The van der Waals surface area contributed by atoms with E-state index in [2.05, 4.69) is 5.32 Å². The van der Waals surface area contributed by atoms with Gasteiger partial charge in [0.15, 0.2) is 5.12 Å². The number of rotatable bonds is 1. The first kappa shape index (κ1) is 16.2. The molecule has 2 N–H and O–H groups in total. The van der Waals surface area contributed by atoms with Crippen molar-refractivity contribution in [2.75, 3.05) is 13.1 Å². The van der Waals surface area contributed by atoms with Crippen LogP contribution in [0.15, 0.2) is 0 Å². The number of hydrogen-bond donors (Lipinski definition) is 2. The van der Waals surface area contributed by atoms with Crippen molar-refractivity contribution in [3.05, 3.63) is 0 Å². The zero-order valence-electron chi connectivity index (χ0n) is 9.21. The molecule has 0 spiro atoms. The second-order valence-electron chi connectivity index (χ2n) is 3.36. The molecule has 0 aromatic heterocycles. The van der Waals surface area contributed by atoms with Gasteiger partial charge in [0.25, 0.3) is 0 Å². The smallest absolute Gasteiger partial charge is 0.475 e. The van der Waals surface area contributed by atoms with Crippen LogP contribution < -0.4 is 5.32 Å². The summed E-state index contributed by atoms with van der Waals surface area (Å²) in [5, 5.41) is 11.2. The summed E-state index contributed by atoms with van der Waals surface area (Å²) >= 11 is 1.50. The van der Waals surface area contributed by atoms with E-state index < -0.39 is 12.1 Å². The average molecular weight is 273 g/mol. The Kier molecular flexibility index (Phi) is 7.21. The highest BCUT2D eigenvalue weighted by Gasteiger charge is 2.38. The Labute approximate surface area is 101 Å². The van der Waals surface area contributed by atoms with E-state index in [1.54, 1.807) is 6.92 Å². The van der Waals surface area contributed by atoms with Gasteiger partial charge in [-0.25, -0.2) is 4.79 Å². The number of hydrogen-bond acceptors (Lipinski definition) is 4. The van der Waals surface area contributed by atoms with E-state index in [0.717, 1.165) is 25.9 Å². The second-order valence-corrected chi connectivity index (χ2v) is 4.84. The predicted octanol–water partition coefficient (Wildman–Crippen LogP) is 1.65. The van der Waals surface area contributed by atoms with Gasteiger partial charge in [-0.1, -0.05) is 11.8 Å². The number of carbonyl (C=O) groups excluding carboxylic acids is 1. The quantitative estimate of drug-likeness (QED) is 0.760. The normalized spacial score (nSPS) is 16.9. The van der Waals surface area contributed by atoms with Crippen LogP contribution in [0.3, 0.4) is 0 Å². The fourth-order valence-electron chi connectivity index (χ4n) is 1.15. The molecule has 0 unspecified atom stereocenters. The van der Waals surface area contributed by atoms with Crippen molar-refractivity contribution in [2.45, 2.75) is 31.2 Å². The van der Waals surface area contributed by atoms with Crippen molar-refractivity contribution >= 4 is 22.8 Å². The lowest BCUT2D eigenvalue weighted by Crippen LogP contribution is -2.29. The van der Waals surface area contributed by atoms with Gasteiger partial charge < -0.3 is 10.4 Å². The van der Waals surface area contributed by atoms with E-state index in [1.165, 1.54) is 11.8 Å². The zero-order chi connectivity index (χ0) is 13.5. The van der Waals surface area contributed by atoms with Crippen molar-refractivity contribution in [3.8, 4) is 0 Å². The SMILES string of the molecule is CC(=O)SC1CCNCC1.O=C(O)C(F)(F)F. The molecule has 8 heteroatoms. The van der Waals surface area contributed by atoms with E-state index in [-0.39, 0.29) is 5.12 Å². The molecule has 1 aliphatic rings. The molecule has 17 heavy (non-hydrogen) atoms. The van der Waals surface area contributed by atoms with Crippen LogP contribution in [-0.2, 0) is 9.59 Å². The van der Waals surface area contributed by atoms with Gasteiger partial charge in [0.05, 0.1) is 0 Å². The molecule has 1 heterocycles. The number of nitrogens with one attached hydrogen (secondary N) is 1. The maximum absolute atomic E-state index is 10.7. The lowest BCUT2D eigenvalue weighted by Gasteiger charge is -2.20. The Hall–Kier alpha value is -0.760. The Morgan fingerprint density at radius 1 is 1.29 bits per heavy atom. The van der Waals surface area contributed by atoms with Crippen LogP contribution in [-0.4, -0.2) is 40.7 Å². The number of carboxylic acid groups (broad SMARTS) is 1. The first-order valence-corrected chi connectivity index (χ1v) is 5.79. The number of thioether (sulfide) groups is 1. The molecular weight excluding hydrogens is 259 g/mol. The number of aliphatic carboxylic acids is 1. The number of alkyl halides is 3. The predicted molar refractivity (Wildman–Crippen MR) is 57.9 cm³/mol. The van der Waals surface area contributed by atoms with E-state index in [0.29, 0.717) is 5.25 Å². The summed E-state index contributed by atoms with van der Waals surface area (Å²) in [5.74, 6) is -2.76. The van der Waals surface area contributed by atoms with Gasteiger partial charge in [-0.2, -0.15) is 13.2 Å². The number of carbonyl (C=O) groups is 2. The topological polar surface area (TPSA) is 66.4 Å². The van der Waals surface area contributed by atoms with Gasteiger partial charge in [-0.3, -0.25) is 4.79 Å². The standard InChI is InChI=1S/C7H13NOS.C2HF3O2/c1-6(9)10-7-2-4-8-5-3-7;3-2(4,5)1(6)7/h7-8H,2-5H2,1H3;(H,6,7). The molecule has 100 valence electrons. The largest absolute Gasteiger partial charge is 0.490 e. The molecule has 0 saturated carbocycles. The van der Waals surface area contributed by atoms with Crippen molar-refractivity contribution in [3.63, 3.8) is 0 Å². The first-order chi connectivity index (χ1) is 7.73. The van der Waals surface area contributed by atoms with Gasteiger partial charge in [0.1, 0.15) is 0 Å². The molecule has 1 rings (SSSR count). The van der Waals surface area contributed by atoms with Crippen molar-refractivity contribution < 1.29 is 27.9 Å². The zero-order valence-corrected chi connectivity index (χ0v) is 10.0. The molecule has 1 fully saturated rings. The van der Waals surface area contributed by atoms with E-state index in [1.807, 2.05) is 0 Å². The van der Waals surface area contributed by atoms with Crippen LogP contribution in [0.1, 0.15) is 19.8 Å². The van der Waals surface area contributed by atoms with Crippen molar-refractivity contribution in [1.29, 1.82) is 0 Å². The summed E-state index contributed by atoms with van der Waals surface area (Å²) in [7, 11) is 0. The second kappa shape index (κ2) is 7.54. The lowest BCUT2D eigenvalue weighted by molar-refractivity contribution is -0.192. The van der Waals surface area contributed by atoms with Crippen molar-refractivity contribution in [1.82, 2.24) is 5.32 Å². The molecule has 0 aromatic carbocycles. The van der Waals surface area contributed by atoms with Crippen LogP contribution in [0.4, 0.5) is 13.2 Å². The fourth-order valence-corrected chi connectivity index (χ4v) is 2.09. The third-order valence-electron chi connectivity index (χ3n) is 1.86. The average Bonchev–Trinajstić information content (AvgIpc) is 2.17. The summed E-state index contributed by atoms with van der Waals surface area (Å²) < 4.78 is 31.7. The summed E-state index contributed by atoms with van der Waals surface area (Å²) in [4.78, 5) is 19.6. The van der Waals surface area contributed by atoms with Gasteiger partial charge in [-0.15, -0.1) is 0 Å². The van der Waals surface area contributed by atoms with Crippen LogP contribution in [0.25, 0.3) is 0 Å². The summed E-state index contributed by atoms with van der Waals surface area (Å²) in [5.41, 5.74) is 0. The Morgan fingerprint density at radius 2 is 1.71 bits per heavy atom. The van der Waals surface area contributed by atoms with Gasteiger partial charge in [0, 0.05) is 12.2 Å². The van der Waals surface area contributed by atoms with Crippen molar-refractivity contribution in [2.24, 2.45) is 0 Å². The molecule has 0 aliphatic carbocycles. The molecule has 0 bridgehead atoms. The summed E-state index contributed by atoms with van der Waals surface area (Å²) in [6.45, 7) is 3.79.